The van der Waals surface area contributed by atoms with Gasteiger partial charge in [-0.3, -0.25) is 4.79 Å². The van der Waals surface area contributed by atoms with Gasteiger partial charge in [-0.25, -0.2) is 0 Å². The Balaban J connectivity index is 1.36. The lowest BCUT2D eigenvalue weighted by atomic mass is 9.64. The zero-order valence-corrected chi connectivity index (χ0v) is 19.7. The first-order valence-electron chi connectivity index (χ1n) is 13.3. The molecule has 0 aromatic heterocycles. The molecule has 0 aromatic rings. The topological polar surface area (TPSA) is 26.3 Å². The van der Waals surface area contributed by atoms with Gasteiger partial charge in [0, 0.05) is 0 Å². The first-order chi connectivity index (χ1) is 14.1. The predicted octanol–water partition coefficient (Wildman–Crippen LogP) is 7.94. The summed E-state index contributed by atoms with van der Waals surface area (Å²) >= 11 is 0. The second-order valence-corrected chi connectivity index (χ2v) is 10.9. The van der Waals surface area contributed by atoms with Crippen LogP contribution in [0.25, 0.3) is 0 Å². The third-order valence-electron chi connectivity index (χ3n) is 8.92. The molecule has 0 amide bonds. The van der Waals surface area contributed by atoms with Crippen LogP contribution >= 0.6 is 0 Å². The summed E-state index contributed by atoms with van der Waals surface area (Å²) in [5.41, 5.74) is 0. The van der Waals surface area contributed by atoms with Crippen molar-refractivity contribution in [2.45, 2.75) is 130 Å². The van der Waals surface area contributed by atoms with Crippen LogP contribution in [0.3, 0.4) is 0 Å². The average Bonchev–Trinajstić information content (AvgIpc) is 2.75. The average molecular weight is 405 g/mol. The number of unbranched alkanes of at least 4 members (excludes halogenated alkanes) is 2. The summed E-state index contributed by atoms with van der Waals surface area (Å²) in [7, 11) is 0. The fourth-order valence-electron chi connectivity index (χ4n) is 6.88. The number of rotatable bonds is 8. The van der Waals surface area contributed by atoms with Crippen molar-refractivity contribution >= 4 is 5.97 Å². The second kappa shape index (κ2) is 11.8. The lowest BCUT2D eigenvalue weighted by molar-refractivity contribution is -0.157. The highest BCUT2D eigenvalue weighted by molar-refractivity contribution is 5.72. The van der Waals surface area contributed by atoms with Gasteiger partial charge in [0.2, 0.25) is 0 Å². The third kappa shape index (κ3) is 6.73. The van der Waals surface area contributed by atoms with Crippen molar-refractivity contribution in [3.63, 3.8) is 0 Å². The van der Waals surface area contributed by atoms with Crippen LogP contribution in [0.15, 0.2) is 0 Å². The first kappa shape index (κ1) is 23.1. The molecule has 168 valence electrons. The van der Waals surface area contributed by atoms with Gasteiger partial charge < -0.3 is 4.74 Å². The van der Waals surface area contributed by atoms with Crippen LogP contribution in [0.2, 0.25) is 0 Å². The molecule has 3 fully saturated rings. The van der Waals surface area contributed by atoms with Crippen molar-refractivity contribution in [2.24, 2.45) is 35.5 Å². The maximum absolute atomic E-state index is 12.7. The molecular weight excluding hydrogens is 356 g/mol. The largest absolute Gasteiger partial charge is 0.462 e. The van der Waals surface area contributed by atoms with Gasteiger partial charge in [0.05, 0.1) is 5.92 Å². The highest BCUT2D eigenvalue weighted by Gasteiger charge is 2.37. The van der Waals surface area contributed by atoms with Crippen LogP contribution in [-0.4, -0.2) is 12.1 Å². The molecule has 0 radical (unpaired) electrons. The van der Waals surface area contributed by atoms with Crippen molar-refractivity contribution in [3.8, 4) is 0 Å². The predicted molar refractivity (Wildman–Crippen MR) is 122 cm³/mol. The fourth-order valence-corrected chi connectivity index (χ4v) is 6.88. The van der Waals surface area contributed by atoms with Crippen LogP contribution in [-0.2, 0) is 9.53 Å². The summed E-state index contributed by atoms with van der Waals surface area (Å²) in [6.07, 6.45) is 20.9. The molecule has 0 unspecified atom stereocenters. The second-order valence-electron chi connectivity index (χ2n) is 10.9. The molecule has 0 aromatic carbocycles. The van der Waals surface area contributed by atoms with Crippen molar-refractivity contribution in [2.75, 3.05) is 0 Å². The highest BCUT2D eigenvalue weighted by Crippen LogP contribution is 2.45. The summed E-state index contributed by atoms with van der Waals surface area (Å²) in [6.45, 7) is 7.11. The lowest BCUT2D eigenvalue weighted by Crippen LogP contribution is -2.34. The molecule has 3 aliphatic carbocycles. The van der Waals surface area contributed by atoms with Gasteiger partial charge in [0.15, 0.2) is 0 Å². The van der Waals surface area contributed by atoms with E-state index in [0.29, 0.717) is 0 Å². The van der Waals surface area contributed by atoms with Crippen molar-refractivity contribution in [1.82, 2.24) is 0 Å². The number of carbonyl (C=O) groups excluding carboxylic acids is 1. The lowest BCUT2D eigenvalue weighted by Gasteiger charge is -2.41. The van der Waals surface area contributed by atoms with Gasteiger partial charge in [-0.05, 0) is 93.8 Å². The van der Waals surface area contributed by atoms with E-state index in [9.17, 15) is 4.79 Å². The molecule has 0 aliphatic heterocycles. The van der Waals surface area contributed by atoms with E-state index in [4.69, 9.17) is 4.74 Å². The van der Waals surface area contributed by atoms with E-state index in [0.717, 1.165) is 55.3 Å². The van der Waals surface area contributed by atoms with Gasteiger partial charge in [-0.2, -0.15) is 0 Å². The van der Waals surface area contributed by atoms with Crippen LogP contribution in [0.1, 0.15) is 124 Å². The summed E-state index contributed by atoms with van der Waals surface area (Å²) in [6, 6.07) is 0. The number of carbonyl (C=O) groups is 1. The molecule has 0 bridgehead atoms. The number of hydrogen-bond acceptors (Lipinski definition) is 2. The minimum atomic E-state index is 0.135. The molecule has 0 heterocycles. The van der Waals surface area contributed by atoms with Crippen LogP contribution < -0.4 is 0 Å². The molecule has 0 saturated heterocycles. The molecule has 3 saturated carbocycles. The standard InChI is InChI=1S/C27H48O2/c1-4-6-7-8-22-11-18-26(20(3)19-22)23-12-14-24(15-13-23)27(28)29-25-16-9-21(5-2)10-17-25/h20-26H,4-19H2,1-3H3/t20-,21?,22+,23-,24-,25?,26-/m1/s1. The van der Waals surface area contributed by atoms with Crippen LogP contribution in [0, 0.1) is 35.5 Å². The zero-order chi connectivity index (χ0) is 20.6. The maximum Gasteiger partial charge on any atom is 0.309 e. The molecule has 3 rings (SSSR count). The van der Waals surface area contributed by atoms with Gasteiger partial charge in [0.25, 0.3) is 0 Å². The molecule has 3 aliphatic rings. The zero-order valence-electron chi connectivity index (χ0n) is 19.7. The van der Waals surface area contributed by atoms with Crippen molar-refractivity contribution in [3.05, 3.63) is 0 Å². The highest BCUT2D eigenvalue weighted by atomic mass is 16.5. The van der Waals surface area contributed by atoms with E-state index < -0.39 is 0 Å². The van der Waals surface area contributed by atoms with Crippen LogP contribution in [0.4, 0.5) is 0 Å². The van der Waals surface area contributed by atoms with Crippen LogP contribution in [0.5, 0.6) is 0 Å². The fraction of sp³-hybridized carbons (Fsp3) is 0.963. The summed E-state index contributed by atoms with van der Waals surface area (Å²) in [4.78, 5) is 12.7. The van der Waals surface area contributed by atoms with E-state index in [2.05, 4.69) is 20.8 Å². The minimum Gasteiger partial charge on any atom is -0.462 e. The van der Waals surface area contributed by atoms with E-state index in [1.807, 2.05) is 0 Å². The van der Waals surface area contributed by atoms with E-state index >= 15 is 0 Å². The van der Waals surface area contributed by atoms with E-state index in [1.54, 1.807) is 0 Å². The third-order valence-corrected chi connectivity index (χ3v) is 8.92. The van der Waals surface area contributed by atoms with E-state index in [-0.39, 0.29) is 18.0 Å². The molecular formula is C27H48O2. The van der Waals surface area contributed by atoms with Crippen molar-refractivity contribution in [1.29, 1.82) is 0 Å². The smallest absolute Gasteiger partial charge is 0.309 e. The van der Waals surface area contributed by atoms with Gasteiger partial charge in [-0.15, -0.1) is 0 Å². The number of ether oxygens (including phenoxy) is 1. The maximum atomic E-state index is 12.7. The number of hydrogen-bond donors (Lipinski definition) is 0. The van der Waals surface area contributed by atoms with E-state index in [1.165, 1.54) is 77.0 Å². The molecule has 2 nitrogen and oxygen atoms in total. The molecule has 2 heteroatoms. The molecule has 0 spiro atoms. The minimum absolute atomic E-state index is 0.135. The Morgan fingerprint density at radius 3 is 2.14 bits per heavy atom. The number of esters is 1. The monoisotopic (exact) mass is 404 g/mol. The van der Waals surface area contributed by atoms with Crippen molar-refractivity contribution < 1.29 is 9.53 Å². The molecule has 0 N–H and O–H groups in total. The summed E-state index contributed by atoms with van der Waals surface area (Å²) in [5, 5.41) is 0. The summed E-state index contributed by atoms with van der Waals surface area (Å²) in [5.74, 6) is 4.85. The SMILES string of the molecule is CCCCC[C@H]1CC[C@@H]([C@H]2CC[C@H](C(=O)OC3CCC(CC)CC3)CC2)[C@H](C)C1. The molecule has 3 atom stereocenters. The Hall–Kier alpha value is -0.530. The Labute approximate surface area is 180 Å². The Bertz CT molecular complexity index is 471. The van der Waals surface area contributed by atoms with Gasteiger partial charge in [-0.1, -0.05) is 59.3 Å². The van der Waals surface area contributed by atoms with Gasteiger partial charge in [0.1, 0.15) is 6.10 Å². The Morgan fingerprint density at radius 2 is 1.52 bits per heavy atom. The quantitative estimate of drug-likeness (QED) is 0.303. The van der Waals surface area contributed by atoms with Gasteiger partial charge >= 0.3 is 5.97 Å². The Kier molecular flexibility index (Phi) is 9.38. The molecule has 29 heavy (non-hydrogen) atoms. The first-order valence-corrected chi connectivity index (χ1v) is 13.3. The summed E-state index contributed by atoms with van der Waals surface area (Å²) < 4.78 is 5.95. The Morgan fingerprint density at radius 1 is 0.828 bits per heavy atom. The normalized spacial score (nSPS) is 38.5.